The van der Waals surface area contributed by atoms with E-state index in [1.54, 1.807) is 0 Å². The number of hydrogen-bond donors (Lipinski definition) is 0. The molecule has 0 saturated heterocycles. The van der Waals surface area contributed by atoms with Crippen molar-refractivity contribution in [2.75, 3.05) is 13.2 Å². The second-order valence-corrected chi connectivity index (χ2v) is 2.53. The van der Waals surface area contributed by atoms with Crippen LogP contribution in [0.2, 0.25) is 0 Å². The van der Waals surface area contributed by atoms with E-state index in [9.17, 15) is 0 Å². The Morgan fingerprint density at radius 2 is 1.80 bits per heavy atom. The van der Waals surface area contributed by atoms with Crippen molar-refractivity contribution in [2.24, 2.45) is 0 Å². The van der Waals surface area contributed by atoms with Gasteiger partial charge in [0.2, 0.25) is 0 Å². The molecule has 0 atom stereocenters. The molecule has 1 radical (unpaired) electrons. The van der Waals surface area contributed by atoms with Crippen LogP contribution < -0.4 is 0 Å². The molecule has 2 heteroatoms. The van der Waals surface area contributed by atoms with E-state index in [2.05, 4.69) is 11.8 Å². The van der Waals surface area contributed by atoms with Crippen LogP contribution in [0.1, 0.15) is 26.7 Å². The third-order valence-electron chi connectivity index (χ3n) is 1.13. The largest absolute Gasteiger partial charge is 0.379 e. The first kappa shape index (κ1) is 9.92. The average molecular weight is 145 g/mol. The first-order chi connectivity index (χ1) is 4.77. The van der Waals surface area contributed by atoms with Gasteiger partial charge in [-0.3, -0.25) is 0 Å². The van der Waals surface area contributed by atoms with Crippen LogP contribution in [0.5, 0.6) is 0 Å². The topological polar surface area (TPSA) is 18.5 Å². The van der Waals surface area contributed by atoms with Crippen molar-refractivity contribution in [3.63, 3.8) is 0 Å². The lowest BCUT2D eigenvalue weighted by atomic mass is 10.3. The fraction of sp³-hybridized carbons (Fsp3) is 0.875. The van der Waals surface area contributed by atoms with Gasteiger partial charge in [-0.15, -0.1) is 0 Å². The van der Waals surface area contributed by atoms with E-state index in [4.69, 9.17) is 4.74 Å². The van der Waals surface area contributed by atoms with Gasteiger partial charge in [0.1, 0.15) is 0 Å². The SMILES string of the molecule is [CH2]OCCCCOC(C)C. The molecule has 0 aliphatic carbocycles. The third kappa shape index (κ3) is 7.92. The fourth-order valence-electron chi connectivity index (χ4n) is 0.625. The van der Waals surface area contributed by atoms with Gasteiger partial charge in [0.15, 0.2) is 0 Å². The molecule has 0 rings (SSSR count). The summed E-state index contributed by atoms with van der Waals surface area (Å²) in [5.41, 5.74) is 0. The minimum absolute atomic E-state index is 0.348. The van der Waals surface area contributed by atoms with Crippen molar-refractivity contribution in [3.8, 4) is 0 Å². The Morgan fingerprint density at radius 3 is 2.30 bits per heavy atom. The molecule has 0 N–H and O–H groups in total. The average Bonchev–Trinajstić information content (AvgIpc) is 1.87. The van der Waals surface area contributed by atoms with Crippen molar-refractivity contribution < 1.29 is 9.47 Å². The maximum atomic E-state index is 5.31. The number of ether oxygens (including phenoxy) is 2. The number of unbranched alkanes of at least 4 members (excludes halogenated alkanes) is 1. The van der Waals surface area contributed by atoms with E-state index in [-0.39, 0.29) is 0 Å². The highest BCUT2D eigenvalue weighted by Gasteiger charge is 1.91. The molecular weight excluding hydrogens is 128 g/mol. The van der Waals surface area contributed by atoms with Crippen molar-refractivity contribution in [1.82, 2.24) is 0 Å². The maximum absolute atomic E-state index is 5.31. The molecule has 2 nitrogen and oxygen atoms in total. The molecule has 61 valence electrons. The van der Waals surface area contributed by atoms with Gasteiger partial charge in [-0.1, -0.05) is 0 Å². The minimum Gasteiger partial charge on any atom is -0.379 e. The number of hydrogen-bond acceptors (Lipinski definition) is 2. The van der Waals surface area contributed by atoms with E-state index in [1.807, 2.05) is 13.8 Å². The Kier molecular flexibility index (Phi) is 6.98. The summed E-state index contributed by atoms with van der Waals surface area (Å²) in [6, 6.07) is 0. The Hall–Kier alpha value is -0.0800. The minimum atomic E-state index is 0.348. The summed E-state index contributed by atoms with van der Waals surface area (Å²) in [4.78, 5) is 0. The van der Waals surface area contributed by atoms with E-state index < -0.39 is 0 Å². The van der Waals surface area contributed by atoms with E-state index in [0.29, 0.717) is 6.10 Å². The van der Waals surface area contributed by atoms with Crippen LogP contribution in [-0.2, 0) is 9.47 Å². The lowest BCUT2D eigenvalue weighted by Crippen LogP contribution is -2.04. The Bertz CT molecular complexity index is 62.3. The summed E-state index contributed by atoms with van der Waals surface area (Å²) < 4.78 is 9.96. The smallest absolute Gasteiger partial charge is 0.0700 e. The zero-order valence-corrected chi connectivity index (χ0v) is 6.93. The molecule has 0 heterocycles. The fourth-order valence-corrected chi connectivity index (χ4v) is 0.625. The van der Waals surface area contributed by atoms with E-state index in [1.165, 1.54) is 0 Å². The normalized spacial score (nSPS) is 10.8. The zero-order chi connectivity index (χ0) is 7.82. The van der Waals surface area contributed by atoms with Crippen molar-refractivity contribution in [2.45, 2.75) is 32.8 Å². The van der Waals surface area contributed by atoms with Crippen LogP contribution in [-0.4, -0.2) is 19.3 Å². The van der Waals surface area contributed by atoms with Crippen molar-refractivity contribution >= 4 is 0 Å². The highest BCUT2D eigenvalue weighted by Crippen LogP contribution is 1.94. The summed E-state index contributed by atoms with van der Waals surface area (Å²) >= 11 is 0. The molecule has 0 aliphatic rings. The second kappa shape index (κ2) is 7.03. The predicted molar refractivity (Wildman–Crippen MR) is 41.6 cm³/mol. The lowest BCUT2D eigenvalue weighted by molar-refractivity contribution is 0.0723. The molecule has 0 amide bonds. The van der Waals surface area contributed by atoms with Gasteiger partial charge in [-0.25, -0.2) is 0 Å². The molecule has 0 aromatic heterocycles. The Morgan fingerprint density at radius 1 is 1.20 bits per heavy atom. The third-order valence-corrected chi connectivity index (χ3v) is 1.13. The van der Waals surface area contributed by atoms with Crippen LogP contribution in [0.3, 0.4) is 0 Å². The summed E-state index contributed by atoms with van der Waals surface area (Å²) in [7, 11) is 3.28. The van der Waals surface area contributed by atoms with Crippen LogP contribution in [0.25, 0.3) is 0 Å². The summed E-state index contributed by atoms with van der Waals surface area (Å²) in [6.45, 7) is 5.65. The standard InChI is InChI=1S/C8H17O2/c1-8(2)10-7-5-4-6-9-3/h8H,3-7H2,1-2H3. The van der Waals surface area contributed by atoms with Crippen molar-refractivity contribution in [1.29, 1.82) is 0 Å². The quantitative estimate of drug-likeness (QED) is 0.532. The molecular formula is C8H17O2. The molecule has 0 bridgehead atoms. The van der Waals surface area contributed by atoms with Gasteiger partial charge in [0.25, 0.3) is 0 Å². The Labute approximate surface area is 63.5 Å². The summed E-state index contributed by atoms with van der Waals surface area (Å²) in [5.74, 6) is 0. The molecule has 0 aliphatic heterocycles. The lowest BCUT2D eigenvalue weighted by Gasteiger charge is -2.05. The molecule has 0 spiro atoms. The van der Waals surface area contributed by atoms with E-state index >= 15 is 0 Å². The maximum Gasteiger partial charge on any atom is 0.0700 e. The van der Waals surface area contributed by atoms with Gasteiger partial charge in [-0.2, -0.15) is 0 Å². The number of rotatable bonds is 6. The van der Waals surface area contributed by atoms with Gasteiger partial charge >= 0.3 is 0 Å². The second-order valence-electron chi connectivity index (χ2n) is 2.53. The molecule has 0 saturated carbocycles. The molecule has 0 unspecified atom stereocenters. The van der Waals surface area contributed by atoms with Crippen LogP contribution in [0, 0.1) is 7.11 Å². The molecule has 10 heavy (non-hydrogen) atoms. The zero-order valence-electron chi connectivity index (χ0n) is 6.93. The van der Waals surface area contributed by atoms with Gasteiger partial charge in [0.05, 0.1) is 13.2 Å². The van der Waals surface area contributed by atoms with Crippen molar-refractivity contribution in [3.05, 3.63) is 7.11 Å². The highest BCUT2D eigenvalue weighted by atomic mass is 16.5. The monoisotopic (exact) mass is 145 g/mol. The van der Waals surface area contributed by atoms with Gasteiger partial charge in [0, 0.05) is 13.2 Å². The highest BCUT2D eigenvalue weighted by molar-refractivity contribution is 4.40. The predicted octanol–water partition coefficient (Wildman–Crippen LogP) is 2.00. The van der Waals surface area contributed by atoms with Crippen LogP contribution in [0.15, 0.2) is 0 Å². The van der Waals surface area contributed by atoms with Crippen LogP contribution in [0.4, 0.5) is 0 Å². The molecule has 0 fully saturated rings. The van der Waals surface area contributed by atoms with Gasteiger partial charge < -0.3 is 9.47 Å². The first-order valence-electron chi connectivity index (χ1n) is 3.76. The molecule has 0 aromatic carbocycles. The van der Waals surface area contributed by atoms with Crippen LogP contribution >= 0.6 is 0 Å². The summed E-state index contributed by atoms with van der Waals surface area (Å²) in [6.07, 6.45) is 2.45. The molecule has 0 aromatic rings. The summed E-state index contributed by atoms with van der Waals surface area (Å²) in [5, 5.41) is 0. The Balaban J connectivity index is 2.77. The van der Waals surface area contributed by atoms with Gasteiger partial charge in [-0.05, 0) is 26.7 Å². The first-order valence-corrected chi connectivity index (χ1v) is 3.76. The van der Waals surface area contributed by atoms with E-state index in [0.717, 1.165) is 26.1 Å².